The molecule has 1 fully saturated rings. The van der Waals surface area contributed by atoms with Gasteiger partial charge in [0.25, 0.3) is 0 Å². The molecule has 0 radical (unpaired) electrons. The number of aliphatic hydroxyl groups excluding tert-OH is 3. The quantitative estimate of drug-likeness (QED) is 0.422. The van der Waals surface area contributed by atoms with E-state index < -0.39 is 42.9 Å². The van der Waals surface area contributed by atoms with Crippen molar-refractivity contribution in [2.45, 2.75) is 56.3 Å². The highest BCUT2D eigenvalue weighted by Gasteiger charge is 2.45. The molecule has 0 spiro atoms. The molecule has 2 aliphatic heterocycles. The summed E-state index contributed by atoms with van der Waals surface area (Å²) >= 11 is 0. The smallest absolute Gasteiger partial charge is 0.187 e. The van der Waals surface area contributed by atoms with Crippen molar-refractivity contribution in [1.29, 1.82) is 0 Å². The Morgan fingerprint density at radius 1 is 0.900 bits per heavy atom. The molecular formula is C21H24O9. The lowest BCUT2D eigenvalue weighted by Gasteiger charge is -2.42. The molecule has 30 heavy (non-hydrogen) atoms. The maximum atomic E-state index is 10.3. The van der Waals surface area contributed by atoms with Crippen LogP contribution in [0.1, 0.15) is 24.2 Å². The lowest BCUT2D eigenvalue weighted by atomic mass is 9.93. The van der Waals surface area contributed by atoms with Crippen LogP contribution in [0.3, 0.4) is 0 Å². The van der Waals surface area contributed by atoms with Crippen LogP contribution in [0.15, 0.2) is 36.4 Å². The normalized spacial score (nSPS) is 33.5. The monoisotopic (exact) mass is 420 g/mol. The van der Waals surface area contributed by atoms with Crippen LogP contribution in [-0.2, 0) is 15.9 Å². The van der Waals surface area contributed by atoms with E-state index in [2.05, 4.69) is 0 Å². The minimum atomic E-state index is -1.49. The summed E-state index contributed by atoms with van der Waals surface area (Å²) in [5.74, 6) is 0.0165. The van der Waals surface area contributed by atoms with Gasteiger partial charge in [-0.25, -0.2) is 0 Å². The van der Waals surface area contributed by atoms with Gasteiger partial charge in [-0.3, -0.25) is 0 Å². The number of hydrogen-bond acceptors (Lipinski definition) is 9. The zero-order chi connectivity index (χ0) is 21.6. The number of fused-ring (bicyclic) bond motifs is 1. The number of phenolic OH excluding ortho intramolecular Hbond substituents is 3. The Kier molecular flexibility index (Phi) is 5.48. The Hall–Kier alpha value is -2.56. The summed E-state index contributed by atoms with van der Waals surface area (Å²) in [6.07, 6.45) is -7.55. The Morgan fingerprint density at radius 3 is 2.30 bits per heavy atom. The Balaban J connectivity index is 1.66. The van der Waals surface area contributed by atoms with Crippen LogP contribution in [0.25, 0.3) is 0 Å². The minimum absolute atomic E-state index is 0.0692. The first-order valence-corrected chi connectivity index (χ1v) is 9.60. The number of aliphatic hydroxyl groups is 3. The van der Waals surface area contributed by atoms with E-state index in [0.717, 1.165) is 0 Å². The summed E-state index contributed by atoms with van der Waals surface area (Å²) in [5.41, 5.74) is 1.05. The summed E-state index contributed by atoms with van der Waals surface area (Å²) in [6.45, 7) is 1.55. The SMILES string of the molecule is C[C@@H]1O[C@H](O[C@H]2Cc3c(O)cc(O)cc3O[C@@H]2c2ccc(O)cc2)[C@H](O)[C@H](O)[C@H]1O. The lowest BCUT2D eigenvalue weighted by Crippen LogP contribution is -2.58. The molecule has 2 aromatic carbocycles. The highest BCUT2D eigenvalue weighted by molar-refractivity contribution is 5.51. The van der Waals surface area contributed by atoms with Crippen molar-refractivity contribution in [3.63, 3.8) is 0 Å². The van der Waals surface area contributed by atoms with Crippen LogP contribution in [0.4, 0.5) is 0 Å². The first-order chi connectivity index (χ1) is 14.2. The van der Waals surface area contributed by atoms with Crippen LogP contribution < -0.4 is 4.74 Å². The molecule has 2 aliphatic rings. The molecule has 6 N–H and O–H groups in total. The average molecular weight is 420 g/mol. The summed E-state index contributed by atoms with van der Waals surface area (Å²) in [7, 11) is 0. The van der Waals surface area contributed by atoms with Gasteiger partial charge in [-0.15, -0.1) is 0 Å². The van der Waals surface area contributed by atoms with E-state index in [9.17, 15) is 30.6 Å². The third-order valence-corrected chi connectivity index (χ3v) is 5.51. The van der Waals surface area contributed by atoms with Crippen molar-refractivity contribution in [1.82, 2.24) is 0 Å². The second-order valence-electron chi connectivity index (χ2n) is 7.63. The van der Waals surface area contributed by atoms with Crippen molar-refractivity contribution in [3.05, 3.63) is 47.5 Å². The predicted molar refractivity (Wildman–Crippen MR) is 102 cm³/mol. The molecule has 0 unspecified atom stereocenters. The zero-order valence-electron chi connectivity index (χ0n) is 16.1. The Bertz CT molecular complexity index is 900. The van der Waals surface area contributed by atoms with Crippen molar-refractivity contribution in [3.8, 4) is 23.0 Å². The van der Waals surface area contributed by atoms with Crippen molar-refractivity contribution >= 4 is 0 Å². The largest absolute Gasteiger partial charge is 0.508 e. The van der Waals surface area contributed by atoms with Gasteiger partial charge in [-0.1, -0.05) is 12.1 Å². The van der Waals surface area contributed by atoms with E-state index in [4.69, 9.17) is 14.2 Å². The highest BCUT2D eigenvalue weighted by Crippen LogP contribution is 2.43. The fraction of sp³-hybridized carbons (Fsp3) is 0.429. The van der Waals surface area contributed by atoms with Crippen molar-refractivity contribution < 1.29 is 44.8 Å². The van der Waals surface area contributed by atoms with Gasteiger partial charge in [0.05, 0.1) is 6.10 Å². The second-order valence-corrected chi connectivity index (χ2v) is 7.63. The minimum Gasteiger partial charge on any atom is -0.508 e. The summed E-state index contributed by atoms with van der Waals surface area (Å²) in [6, 6.07) is 8.83. The molecule has 0 amide bonds. The topological polar surface area (TPSA) is 149 Å². The van der Waals surface area contributed by atoms with E-state index in [1.165, 1.54) is 24.3 Å². The van der Waals surface area contributed by atoms with E-state index in [1.54, 1.807) is 19.1 Å². The first-order valence-electron chi connectivity index (χ1n) is 9.60. The molecular weight excluding hydrogens is 396 g/mol. The third kappa shape index (κ3) is 3.78. The van der Waals surface area contributed by atoms with Crippen LogP contribution in [-0.4, -0.2) is 67.4 Å². The van der Waals surface area contributed by atoms with Crippen LogP contribution in [0, 0.1) is 0 Å². The Morgan fingerprint density at radius 2 is 1.60 bits per heavy atom. The van der Waals surface area contributed by atoms with Crippen LogP contribution in [0.5, 0.6) is 23.0 Å². The molecule has 9 nitrogen and oxygen atoms in total. The van der Waals surface area contributed by atoms with Crippen LogP contribution in [0.2, 0.25) is 0 Å². The zero-order valence-corrected chi connectivity index (χ0v) is 16.1. The summed E-state index contributed by atoms with van der Waals surface area (Å²) < 4.78 is 17.5. The standard InChI is InChI=1S/C21H24O9/c1-9-17(25)18(26)19(27)21(28-9)30-16-8-13-14(24)6-12(23)7-15(13)29-20(16)10-2-4-11(22)5-3-10/h2-7,9,16-27H,8H2,1H3/t9-,16-,17-,18+,19+,20+,21+/m0/s1. The number of hydrogen-bond donors (Lipinski definition) is 6. The average Bonchev–Trinajstić information content (AvgIpc) is 2.71. The van der Waals surface area contributed by atoms with Gasteiger partial charge in [0.2, 0.25) is 0 Å². The number of rotatable bonds is 3. The molecule has 0 aliphatic carbocycles. The van der Waals surface area contributed by atoms with Gasteiger partial charge in [0.1, 0.15) is 47.4 Å². The summed E-state index contributed by atoms with van der Waals surface area (Å²) in [4.78, 5) is 0. The predicted octanol–water partition coefficient (Wildman–Crippen LogP) is 0.692. The molecule has 9 heteroatoms. The van der Waals surface area contributed by atoms with Gasteiger partial charge in [-0.2, -0.15) is 0 Å². The molecule has 1 saturated heterocycles. The van der Waals surface area contributed by atoms with E-state index >= 15 is 0 Å². The molecule has 0 aromatic heterocycles. The number of ether oxygens (including phenoxy) is 3. The van der Waals surface area contributed by atoms with Gasteiger partial charge in [0, 0.05) is 24.1 Å². The number of phenols is 3. The van der Waals surface area contributed by atoms with Crippen LogP contribution >= 0.6 is 0 Å². The molecule has 2 heterocycles. The van der Waals surface area contributed by atoms with Gasteiger partial charge >= 0.3 is 0 Å². The fourth-order valence-corrected chi connectivity index (χ4v) is 3.81. The highest BCUT2D eigenvalue weighted by atomic mass is 16.7. The molecule has 162 valence electrons. The van der Waals surface area contributed by atoms with E-state index in [-0.39, 0.29) is 29.4 Å². The number of aromatic hydroxyl groups is 3. The fourth-order valence-electron chi connectivity index (χ4n) is 3.81. The maximum absolute atomic E-state index is 10.3. The molecule has 2 aromatic rings. The molecule has 0 bridgehead atoms. The lowest BCUT2D eigenvalue weighted by molar-refractivity contribution is -0.310. The van der Waals surface area contributed by atoms with Gasteiger partial charge in [0.15, 0.2) is 12.4 Å². The third-order valence-electron chi connectivity index (χ3n) is 5.51. The first kappa shape index (κ1) is 20.7. The van der Waals surface area contributed by atoms with E-state index in [1.807, 2.05) is 0 Å². The van der Waals surface area contributed by atoms with Gasteiger partial charge in [-0.05, 0) is 24.6 Å². The van der Waals surface area contributed by atoms with Crippen molar-refractivity contribution in [2.24, 2.45) is 0 Å². The van der Waals surface area contributed by atoms with Gasteiger partial charge < -0.3 is 44.8 Å². The Labute approximate surface area is 172 Å². The maximum Gasteiger partial charge on any atom is 0.187 e. The number of benzene rings is 2. The summed E-state index contributed by atoms with van der Waals surface area (Å²) in [5, 5.41) is 59.9. The van der Waals surface area contributed by atoms with Crippen molar-refractivity contribution in [2.75, 3.05) is 0 Å². The molecule has 7 atom stereocenters. The van der Waals surface area contributed by atoms with E-state index in [0.29, 0.717) is 11.1 Å². The molecule has 4 rings (SSSR count). The second kappa shape index (κ2) is 7.93. The molecule has 0 saturated carbocycles.